The summed E-state index contributed by atoms with van der Waals surface area (Å²) in [5.41, 5.74) is 1.27. The van der Waals surface area contributed by atoms with Gasteiger partial charge in [-0.25, -0.2) is 4.79 Å². The number of carbonyl (C=O) groups excluding carboxylic acids is 2. The molecule has 22 heavy (non-hydrogen) atoms. The quantitative estimate of drug-likeness (QED) is 0.847. The SMILES string of the molecule is CCOC(=O)c1cc2cc(NC(=O)C3CCCN3)ccc2o1. The summed E-state index contributed by atoms with van der Waals surface area (Å²) >= 11 is 0. The summed E-state index contributed by atoms with van der Waals surface area (Å²) in [6, 6.07) is 6.77. The molecule has 2 heterocycles. The molecule has 1 unspecified atom stereocenters. The zero-order valence-corrected chi connectivity index (χ0v) is 12.3. The maximum absolute atomic E-state index is 12.1. The van der Waals surface area contributed by atoms with E-state index in [1.54, 1.807) is 31.2 Å². The van der Waals surface area contributed by atoms with E-state index in [1.807, 2.05) is 0 Å². The van der Waals surface area contributed by atoms with E-state index in [1.165, 1.54) is 0 Å². The van der Waals surface area contributed by atoms with Gasteiger partial charge in [0, 0.05) is 11.1 Å². The van der Waals surface area contributed by atoms with Crippen molar-refractivity contribution in [2.45, 2.75) is 25.8 Å². The van der Waals surface area contributed by atoms with Crippen molar-refractivity contribution in [1.82, 2.24) is 5.32 Å². The number of esters is 1. The molecule has 6 nitrogen and oxygen atoms in total. The van der Waals surface area contributed by atoms with E-state index in [0.717, 1.165) is 24.8 Å². The number of furan rings is 1. The summed E-state index contributed by atoms with van der Waals surface area (Å²) in [4.78, 5) is 23.7. The number of carbonyl (C=O) groups is 2. The van der Waals surface area contributed by atoms with Crippen molar-refractivity contribution in [3.63, 3.8) is 0 Å². The van der Waals surface area contributed by atoms with E-state index in [-0.39, 0.29) is 17.7 Å². The van der Waals surface area contributed by atoms with E-state index in [2.05, 4.69) is 10.6 Å². The van der Waals surface area contributed by atoms with Crippen LogP contribution in [0.25, 0.3) is 11.0 Å². The number of nitrogens with one attached hydrogen (secondary N) is 2. The lowest BCUT2D eigenvalue weighted by molar-refractivity contribution is -0.117. The van der Waals surface area contributed by atoms with E-state index >= 15 is 0 Å². The van der Waals surface area contributed by atoms with Crippen molar-refractivity contribution in [1.29, 1.82) is 0 Å². The van der Waals surface area contributed by atoms with Crippen LogP contribution in [0.2, 0.25) is 0 Å². The van der Waals surface area contributed by atoms with Crippen LogP contribution in [-0.2, 0) is 9.53 Å². The van der Waals surface area contributed by atoms with E-state index in [0.29, 0.717) is 17.9 Å². The Morgan fingerprint density at radius 3 is 3.00 bits per heavy atom. The van der Waals surface area contributed by atoms with Gasteiger partial charge in [0.15, 0.2) is 0 Å². The Labute approximate surface area is 127 Å². The lowest BCUT2D eigenvalue weighted by Crippen LogP contribution is -2.35. The maximum Gasteiger partial charge on any atom is 0.374 e. The van der Waals surface area contributed by atoms with E-state index in [4.69, 9.17) is 9.15 Å². The van der Waals surface area contributed by atoms with Crippen molar-refractivity contribution in [3.8, 4) is 0 Å². The first-order valence-electron chi connectivity index (χ1n) is 7.42. The second-order valence-corrected chi connectivity index (χ2v) is 5.22. The Balaban J connectivity index is 1.77. The van der Waals surface area contributed by atoms with Gasteiger partial charge in [-0.1, -0.05) is 0 Å². The summed E-state index contributed by atoms with van der Waals surface area (Å²) in [6.07, 6.45) is 1.87. The number of ether oxygens (including phenoxy) is 1. The fraction of sp³-hybridized carbons (Fsp3) is 0.375. The smallest absolute Gasteiger partial charge is 0.374 e. The Hall–Kier alpha value is -2.34. The lowest BCUT2D eigenvalue weighted by atomic mass is 10.2. The minimum Gasteiger partial charge on any atom is -0.460 e. The number of rotatable bonds is 4. The third kappa shape index (κ3) is 2.96. The van der Waals surface area contributed by atoms with Gasteiger partial charge in [0.1, 0.15) is 5.58 Å². The highest BCUT2D eigenvalue weighted by Crippen LogP contribution is 2.24. The molecule has 1 fully saturated rings. The van der Waals surface area contributed by atoms with Crippen LogP contribution in [0.5, 0.6) is 0 Å². The van der Waals surface area contributed by atoms with Gasteiger partial charge in [0.05, 0.1) is 12.6 Å². The number of anilines is 1. The predicted octanol–water partition coefficient (Wildman–Crippen LogP) is 2.30. The fourth-order valence-electron chi connectivity index (χ4n) is 2.56. The van der Waals surface area contributed by atoms with Gasteiger partial charge < -0.3 is 19.8 Å². The van der Waals surface area contributed by atoms with Crippen LogP contribution in [0, 0.1) is 0 Å². The van der Waals surface area contributed by atoms with Gasteiger partial charge >= 0.3 is 5.97 Å². The second kappa shape index (κ2) is 6.19. The molecule has 3 rings (SSSR count). The minimum atomic E-state index is -0.487. The third-order valence-corrected chi connectivity index (χ3v) is 3.64. The molecular weight excluding hydrogens is 284 g/mol. The summed E-state index contributed by atoms with van der Waals surface area (Å²) in [7, 11) is 0. The van der Waals surface area contributed by atoms with Gasteiger partial charge in [-0.3, -0.25) is 4.79 Å². The first-order chi connectivity index (χ1) is 10.7. The number of benzene rings is 1. The third-order valence-electron chi connectivity index (χ3n) is 3.64. The Morgan fingerprint density at radius 2 is 2.27 bits per heavy atom. The van der Waals surface area contributed by atoms with Gasteiger partial charge in [0.25, 0.3) is 0 Å². The van der Waals surface area contributed by atoms with Crippen molar-refractivity contribution >= 4 is 28.5 Å². The zero-order chi connectivity index (χ0) is 15.5. The van der Waals surface area contributed by atoms with Crippen molar-refractivity contribution < 1.29 is 18.7 Å². The molecule has 1 aromatic carbocycles. The highest BCUT2D eigenvalue weighted by atomic mass is 16.5. The highest BCUT2D eigenvalue weighted by Gasteiger charge is 2.22. The topological polar surface area (TPSA) is 80.6 Å². The Kier molecular flexibility index (Phi) is 4.11. The van der Waals surface area contributed by atoms with Crippen LogP contribution >= 0.6 is 0 Å². The van der Waals surface area contributed by atoms with Crippen LogP contribution in [0.15, 0.2) is 28.7 Å². The summed E-state index contributed by atoms with van der Waals surface area (Å²) in [6.45, 7) is 2.92. The Morgan fingerprint density at radius 1 is 1.41 bits per heavy atom. The van der Waals surface area contributed by atoms with Crippen molar-refractivity contribution in [2.24, 2.45) is 0 Å². The molecule has 0 saturated carbocycles. The normalized spacial score (nSPS) is 17.6. The molecular formula is C16H18N2O4. The first-order valence-corrected chi connectivity index (χ1v) is 7.42. The second-order valence-electron chi connectivity index (χ2n) is 5.22. The number of hydrogen-bond acceptors (Lipinski definition) is 5. The molecule has 1 atom stereocenters. The molecule has 1 aromatic heterocycles. The van der Waals surface area contributed by atoms with Crippen molar-refractivity contribution in [3.05, 3.63) is 30.0 Å². The summed E-state index contributed by atoms with van der Waals surface area (Å²) < 4.78 is 10.4. The monoisotopic (exact) mass is 302 g/mol. The molecule has 2 aromatic rings. The predicted molar refractivity (Wildman–Crippen MR) is 81.8 cm³/mol. The largest absolute Gasteiger partial charge is 0.460 e. The summed E-state index contributed by atoms with van der Waals surface area (Å²) in [5, 5.41) is 6.79. The summed E-state index contributed by atoms with van der Waals surface area (Å²) in [5.74, 6) is -0.358. The average Bonchev–Trinajstić information content (AvgIpc) is 3.16. The van der Waals surface area contributed by atoms with Gasteiger partial charge in [0.2, 0.25) is 11.7 Å². The highest BCUT2D eigenvalue weighted by molar-refractivity contribution is 5.98. The van der Waals surface area contributed by atoms with Crippen LogP contribution in [-0.4, -0.2) is 31.1 Å². The number of fused-ring (bicyclic) bond motifs is 1. The standard InChI is InChI=1S/C16H18N2O4/c1-2-21-16(20)14-9-10-8-11(5-6-13(10)22-14)18-15(19)12-4-3-7-17-12/h5-6,8-9,12,17H,2-4,7H2,1H3,(H,18,19). The van der Waals surface area contributed by atoms with Gasteiger partial charge in [-0.05, 0) is 50.6 Å². The fourth-order valence-corrected chi connectivity index (χ4v) is 2.56. The van der Waals surface area contributed by atoms with Crippen LogP contribution in [0.3, 0.4) is 0 Å². The minimum absolute atomic E-state index is 0.0361. The van der Waals surface area contributed by atoms with E-state index in [9.17, 15) is 9.59 Å². The molecule has 2 N–H and O–H groups in total. The molecule has 0 radical (unpaired) electrons. The van der Waals surface area contributed by atoms with Gasteiger partial charge in [-0.15, -0.1) is 0 Å². The zero-order valence-electron chi connectivity index (χ0n) is 12.3. The Bertz CT molecular complexity index is 701. The first kappa shape index (κ1) is 14.6. The lowest BCUT2D eigenvalue weighted by Gasteiger charge is -2.10. The van der Waals surface area contributed by atoms with Crippen LogP contribution < -0.4 is 10.6 Å². The van der Waals surface area contributed by atoms with E-state index < -0.39 is 5.97 Å². The molecule has 1 saturated heterocycles. The maximum atomic E-state index is 12.1. The molecule has 0 spiro atoms. The molecule has 6 heteroatoms. The molecule has 0 aliphatic carbocycles. The average molecular weight is 302 g/mol. The molecule has 1 amide bonds. The van der Waals surface area contributed by atoms with Crippen LogP contribution in [0.1, 0.15) is 30.3 Å². The van der Waals surface area contributed by atoms with Crippen molar-refractivity contribution in [2.75, 3.05) is 18.5 Å². The number of hydrogen-bond donors (Lipinski definition) is 2. The molecule has 1 aliphatic rings. The van der Waals surface area contributed by atoms with Gasteiger partial charge in [-0.2, -0.15) is 0 Å². The number of amides is 1. The van der Waals surface area contributed by atoms with Crippen LogP contribution in [0.4, 0.5) is 5.69 Å². The molecule has 0 bridgehead atoms. The molecule has 1 aliphatic heterocycles. The molecule has 116 valence electrons.